The van der Waals surface area contributed by atoms with Crippen molar-refractivity contribution in [1.82, 2.24) is 9.88 Å². The summed E-state index contributed by atoms with van der Waals surface area (Å²) < 4.78 is 0. The number of piperazine rings is 1. The fourth-order valence-corrected chi connectivity index (χ4v) is 3.68. The lowest BCUT2D eigenvalue weighted by molar-refractivity contribution is 0.0740. The van der Waals surface area contributed by atoms with Gasteiger partial charge in [0, 0.05) is 48.1 Å². The number of carbonyl (C=O) groups excluding carboxylic acids is 2. The van der Waals surface area contributed by atoms with Crippen LogP contribution in [0.5, 0.6) is 0 Å². The molecule has 0 atom stereocenters. The molecule has 2 aromatic rings. The van der Waals surface area contributed by atoms with E-state index in [2.05, 4.69) is 9.88 Å². The quantitative estimate of drug-likeness (QED) is 0.854. The number of aromatic nitrogens is 1. The molecule has 0 aliphatic carbocycles. The molecule has 1 aliphatic heterocycles. The number of amides is 1. The van der Waals surface area contributed by atoms with E-state index in [9.17, 15) is 9.59 Å². The van der Waals surface area contributed by atoms with Crippen molar-refractivity contribution in [3.8, 4) is 0 Å². The highest BCUT2D eigenvalue weighted by Crippen LogP contribution is 2.23. The summed E-state index contributed by atoms with van der Waals surface area (Å²) in [5.41, 5.74) is 3.73. The van der Waals surface area contributed by atoms with Crippen LogP contribution in [0.1, 0.15) is 39.0 Å². The first-order valence-corrected chi connectivity index (χ1v) is 8.76. The highest BCUT2D eigenvalue weighted by molar-refractivity contribution is 6.30. The Morgan fingerprint density at radius 2 is 1.80 bits per heavy atom. The summed E-state index contributed by atoms with van der Waals surface area (Å²) in [6.45, 7) is 7.97. The van der Waals surface area contributed by atoms with E-state index >= 15 is 0 Å². The summed E-state index contributed by atoms with van der Waals surface area (Å²) in [7, 11) is 0. The molecule has 1 saturated heterocycles. The van der Waals surface area contributed by atoms with Gasteiger partial charge in [0.1, 0.15) is 5.69 Å². The molecule has 5 nitrogen and oxygen atoms in total. The van der Waals surface area contributed by atoms with Crippen LogP contribution in [0.25, 0.3) is 0 Å². The minimum atomic E-state index is -0.0427. The molecule has 0 saturated carbocycles. The zero-order chi connectivity index (χ0) is 18.1. The summed E-state index contributed by atoms with van der Waals surface area (Å²) in [5.74, 6) is -0.0603. The highest BCUT2D eigenvalue weighted by Gasteiger charge is 2.26. The lowest BCUT2D eigenvalue weighted by atomic mass is 10.1. The molecule has 1 aliphatic rings. The van der Waals surface area contributed by atoms with Crippen molar-refractivity contribution in [3.63, 3.8) is 0 Å². The van der Waals surface area contributed by atoms with Gasteiger partial charge < -0.3 is 14.8 Å². The molecule has 1 N–H and O–H groups in total. The third-order valence-corrected chi connectivity index (χ3v) is 4.98. The van der Waals surface area contributed by atoms with Gasteiger partial charge in [-0.1, -0.05) is 17.7 Å². The Morgan fingerprint density at radius 1 is 1.12 bits per heavy atom. The first-order chi connectivity index (χ1) is 11.9. The minimum absolute atomic E-state index is 0.0175. The number of Topliss-reactive ketones (excluding diaryl/α,β-unsaturated/α-hetero) is 1. The SMILES string of the molecule is CC(=O)c1c(C)[nH]c(C(=O)N2CCN(c3cccc(Cl)c3)CC2)c1C. The van der Waals surface area contributed by atoms with Gasteiger partial charge in [0.15, 0.2) is 5.78 Å². The number of aromatic amines is 1. The van der Waals surface area contributed by atoms with Crippen molar-refractivity contribution in [3.05, 3.63) is 51.8 Å². The number of halogens is 1. The molecule has 132 valence electrons. The summed E-state index contributed by atoms with van der Waals surface area (Å²) in [4.78, 5) is 31.8. The zero-order valence-electron chi connectivity index (χ0n) is 14.7. The Labute approximate surface area is 152 Å². The first kappa shape index (κ1) is 17.5. The van der Waals surface area contributed by atoms with Gasteiger partial charge >= 0.3 is 0 Å². The van der Waals surface area contributed by atoms with Crippen LogP contribution in [0.2, 0.25) is 5.02 Å². The van der Waals surface area contributed by atoms with Gasteiger partial charge in [-0.15, -0.1) is 0 Å². The Balaban J connectivity index is 1.72. The first-order valence-electron chi connectivity index (χ1n) is 8.38. The van der Waals surface area contributed by atoms with Crippen LogP contribution >= 0.6 is 11.6 Å². The molecule has 25 heavy (non-hydrogen) atoms. The molecule has 0 radical (unpaired) electrons. The number of nitrogens with zero attached hydrogens (tertiary/aromatic N) is 2. The normalized spacial score (nSPS) is 14.7. The Morgan fingerprint density at radius 3 is 2.36 bits per heavy atom. The average Bonchev–Trinajstić information content (AvgIpc) is 2.89. The number of hydrogen-bond acceptors (Lipinski definition) is 3. The second-order valence-corrected chi connectivity index (χ2v) is 6.88. The van der Waals surface area contributed by atoms with Crippen molar-refractivity contribution >= 4 is 29.0 Å². The Hall–Kier alpha value is -2.27. The number of rotatable bonds is 3. The van der Waals surface area contributed by atoms with Crippen molar-refractivity contribution in [2.45, 2.75) is 20.8 Å². The van der Waals surface area contributed by atoms with Gasteiger partial charge in [-0.25, -0.2) is 0 Å². The van der Waals surface area contributed by atoms with Crippen molar-refractivity contribution < 1.29 is 9.59 Å². The van der Waals surface area contributed by atoms with Crippen LogP contribution in [0, 0.1) is 13.8 Å². The molecule has 1 aromatic carbocycles. The number of nitrogens with one attached hydrogen (secondary N) is 1. The van der Waals surface area contributed by atoms with E-state index < -0.39 is 0 Å². The van der Waals surface area contributed by atoms with Gasteiger partial charge in [-0.3, -0.25) is 9.59 Å². The number of ketones is 1. The van der Waals surface area contributed by atoms with Gasteiger partial charge in [0.25, 0.3) is 5.91 Å². The molecule has 3 rings (SSSR count). The maximum Gasteiger partial charge on any atom is 0.270 e. The molecule has 0 spiro atoms. The molecule has 0 bridgehead atoms. The summed E-state index contributed by atoms with van der Waals surface area (Å²) in [5, 5.41) is 0.713. The van der Waals surface area contributed by atoms with E-state index in [1.54, 1.807) is 0 Å². The van der Waals surface area contributed by atoms with E-state index in [-0.39, 0.29) is 11.7 Å². The lowest BCUT2D eigenvalue weighted by Crippen LogP contribution is -2.49. The highest BCUT2D eigenvalue weighted by atomic mass is 35.5. The van der Waals surface area contributed by atoms with Crippen molar-refractivity contribution in [2.75, 3.05) is 31.1 Å². The summed E-state index contributed by atoms with van der Waals surface area (Å²) in [6, 6.07) is 7.76. The molecule has 1 amide bonds. The second-order valence-electron chi connectivity index (χ2n) is 6.44. The van der Waals surface area contributed by atoms with Crippen LogP contribution in [0.3, 0.4) is 0 Å². The van der Waals surface area contributed by atoms with Gasteiger partial charge in [-0.05, 0) is 44.5 Å². The molecular formula is C19H22ClN3O2. The van der Waals surface area contributed by atoms with Crippen LogP contribution in [0.4, 0.5) is 5.69 Å². The fraction of sp³-hybridized carbons (Fsp3) is 0.368. The summed E-state index contributed by atoms with van der Waals surface area (Å²) in [6.07, 6.45) is 0. The van der Waals surface area contributed by atoms with Gasteiger partial charge in [0.2, 0.25) is 0 Å². The van der Waals surface area contributed by atoms with Crippen LogP contribution in [-0.2, 0) is 0 Å². The van der Waals surface area contributed by atoms with Crippen LogP contribution in [-0.4, -0.2) is 47.8 Å². The smallest absolute Gasteiger partial charge is 0.270 e. The molecule has 2 heterocycles. The van der Waals surface area contributed by atoms with E-state index in [4.69, 9.17) is 11.6 Å². The monoisotopic (exact) mass is 359 g/mol. The molecule has 0 unspecified atom stereocenters. The predicted octanol–water partition coefficient (Wildman–Crippen LogP) is 3.45. The third kappa shape index (κ3) is 3.42. The number of H-pyrrole nitrogens is 1. The van der Waals surface area contributed by atoms with Crippen LogP contribution in [0.15, 0.2) is 24.3 Å². The lowest BCUT2D eigenvalue weighted by Gasteiger charge is -2.36. The maximum atomic E-state index is 12.8. The maximum absolute atomic E-state index is 12.8. The van der Waals surface area contributed by atoms with E-state index in [1.165, 1.54) is 6.92 Å². The van der Waals surface area contributed by atoms with Crippen LogP contribution < -0.4 is 4.90 Å². The molecule has 1 aromatic heterocycles. The number of hydrogen-bond donors (Lipinski definition) is 1. The third-order valence-electron chi connectivity index (χ3n) is 4.74. The number of carbonyl (C=O) groups is 2. The predicted molar refractivity (Wildman–Crippen MR) is 99.8 cm³/mol. The molecule has 1 fully saturated rings. The van der Waals surface area contributed by atoms with E-state index in [0.717, 1.165) is 30.0 Å². The number of benzene rings is 1. The van der Waals surface area contributed by atoms with E-state index in [1.807, 2.05) is 43.0 Å². The minimum Gasteiger partial charge on any atom is -0.368 e. The average molecular weight is 360 g/mol. The fourth-order valence-electron chi connectivity index (χ4n) is 3.49. The van der Waals surface area contributed by atoms with Gasteiger partial charge in [-0.2, -0.15) is 0 Å². The number of anilines is 1. The van der Waals surface area contributed by atoms with Gasteiger partial charge in [0.05, 0.1) is 0 Å². The summed E-state index contributed by atoms with van der Waals surface area (Å²) >= 11 is 6.06. The second kappa shape index (κ2) is 6.92. The molecule has 6 heteroatoms. The zero-order valence-corrected chi connectivity index (χ0v) is 15.5. The van der Waals surface area contributed by atoms with Crippen molar-refractivity contribution in [2.24, 2.45) is 0 Å². The Bertz CT molecular complexity index is 820. The van der Waals surface area contributed by atoms with E-state index in [0.29, 0.717) is 29.4 Å². The standard InChI is InChI=1S/C19H22ClN3O2/c1-12-17(14(3)24)13(2)21-18(12)19(25)23-9-7-22(8-10-23)16-6-4-5-15(20)11-16/h4-6,11,21H,7-10H2,1-3H3. The largest absolute Gasteiger partial charge is 0.368 e. The topological polar surface area (TPSA) is 56.4 Å². The van der Waals surface area contributed by atoms with Crippen molar-refractivity contribution in [1.29, 1.82) is 0 Å². The molecular weight excluding hydrogens is 338 g/mol. The number of aryl methyl sites for hydroxylation is 1. The Kier molecular flexibility index (Phi) is 4.86.